The lowest BCUT2D eigenvalue weighted by atomic mass is 9.97. The fraction of sp³-hybridized carbons (Fsp3) is 0.533. The summed E-state index contributed by atoms with van der Waals surface area (Å²) >= 11 is 1.58. The molecular weight excluding hydrogens is 313 g/mol. The van der Waals surface area contributed by atoms with Gasteiger partial charge in [0.1, 0.15) is 11.6 Å². The predicted octanol–water partition coefficient (Wildman–Crippen LogP) is 3.86. The van der Waals surface area contributed by atoms with Gasteiger partial charge in [0.15, 0.2) is 0 Å². The number of piperidine rings is 1. The van der Waals surface area contributed by atoms with E-state index in [2.05, 4.69) is 9.30 Å². The summed E-state index contributed by atoms with van der Waals surface area (Å²) in [5, 5.41) is 0. The van der Waals surface area contributed by atoms with Crippen LogP contribution >= 0.6 is 11.9 Å². The van der Waals surface area contributed by atoms with Crippen LogP contribution in [-0.4, -0.2) is 36.2 Å². The fourth-order valence-corrected chi connectivity index (χ4v) is 3.54. The van der Waals surface area contributed by atoms with E-state index >= 15 is 0 Å². The maximum absolute atomic E-state index is 12.5. The van der Waals surface area contributed by atoms with Crippen LogP contribution in [0.5, 0.6) is 5.75 Å². The molecule has 1 atom stereocenters. The summed E-state index contributed by atoms with van der Waals surface area (Å²) in [5.74, 6) is 2.78. The minimum Gasteiger partial charge on any atom is -0.493 e. The van der Waals surface area contributed by atoms with Gasteiger partial charge in [-0.1, -0.05) is 0 Å². The zero-order valence-corrected chi connectivity index (χ0v) is 12.8. The Kier molecular flexibility index (Phi) is 4.52. The van der Waals surface area contributed by atoms with Crippen LogP contribution in [0.4, 0.5) is 13.2 Å². The first-order valence-electron chi connectivity index (χ1n) is 7.29. The molecule has 3 nitrogen and oxygen atoms in total. The van der Waals surface area contributed by atoms with Gasteiger partial charge in [0.2, 0.25) is 0 Å². The molecule has 1 aromatic carbocycles. The van der Waals surface area contributed by atoms with Gasteiger partial charge in [-0.25, -0.2) is 4.40 Å². The molecule has 2 aliphatic rings. The Morgan fingerprint density at radius 2 is 2.00 bits per heavy atom. The van der Waals surface area contributed by atoms with E-state index in [1.54, 1.807) is 11.9 Å². The van der Waals surface area contributed by atoms with Gasteiger partial charge in [0.25, 0.3) is 0 Å². The molecule has 1 unspecified atom stereocenters. The monoisotopic (exact) mass is 330 g/mol. The third-order valence-electron chi connectivity index (χ3n) is 3.91. The van der Waals surface area contributed by atoms with E-state index in [1.165, 1.54) is 12.1 Å². The average molecular weight is 330 g/mol. The molecule has 0 aromatic heterocycles. The van der Waals surface area contributed by atoms with E-state index in [-0.39, 0.29) is 5.92 Å². The highest BCUT2D eigenvalue weighted by Gasteiger charge is 2.31. The quantitative estimate of drug-likeness (QED) is 0.787. The summed E-state index contributed by atoms with van der Waals surface area (Å²) in [6, 6.07) is 4.86. The van der Waals surface area contributed by atoms with Crippen molar-refractivity contribution in [2.45, 2.75) is 19.0 Å². The first-order valence-corrected chi connectivity index (χ1v) is 8.23. The molecule has 22 heavy (non-hydrogen) atoms. The molecule has 0 spiro atoms. The number of ether oxygens (including phenoxy) is 1. The molecule has 2 heterocycles. The first-order chi connectivity index (χ1) is 10.5. The number of hydrogen-bond acceptors (Lipinski definition) is 4. The average Bonchev–Trinajstić information content (AvgIpc) is 2.52. The number of hydrogen-bond donors (Lipinski definition) is 0. The second-order valence-electron chi connectivity index (χ2n) is 5.44. The van der Waals surface area contributed by atoms with E-state index in [0.29, 0.717) is 12.4 Å². The molecule has 1 aromatic rings. The molecule has 0 aliphatic carbocycles. The lowest BCUT2D eigenvalue weighted by Crippen LogP contribution is -2.45. The highest BCUT2D eigenvalue weighted by Crippen LogP contribution is 2.31. The van der Waals surface area contributed by atoms with Gasteiger partial charge >= 0.3 is 6.18 Å². The molecule has 0 radical (unpaired) electrons. The Morgan fingerprint density at radius 1 is 1.23 bits per heavy atom. The lowest BCUT2D eigenvalue weighted by Gasteiger charge is -2.37. The Balaban J connectivity index is 1.61. The number of rotatable bonds is 3. The summed E-state index contributed by atoms with van der Waals surface area (Å²) in [6.07, 6.45) is -2.20. The van der Waals surface area contributed by atoms with Gasteiger partial charge in [-0.2, -0.15) is 13.2 Å². The predicted molar refractivity (Wildman–Crippen MR) is 81.1 cm³/mol. The van der Waals surface area contributed by atoms with Gasteiger partial charge in [-0.05, 0) is 49.1 Å². The van der Waals surface area contributed by atoms with Crippen LogP contribution in [0.15, 0.2) is 28.7 Å². The van der Waals surface area contributed by atoms with Crippen molar-refractivity contribution in [2.24, 2.45) is 10.3 Å². The molecule has 1 saturated heterocycles. The van der Waals surface area contributed by atoms with Crippen molar-refractivity contribution in [2.75, 3.05) is 25.4 Å². The van der Waals surface area contributed by atoms with Crippen LogP contribution in [0.25, 0.3) is 0 Å². The van der Waals surface area contributed by atoms with Crippen molar-refractivity contribution >= 4 is 17.8 Å². The van der Waals surface area contributed by atoms with E-state index in [4.69, 9.17) is 4.74 Å². The van der Waals surface area contributed by atoms with E-state index in [9.17, 15) is 13.2 Å². The van der Waals surface area contributed by atoms with Crippen LogP contribution in [-0.2, 0) is 6.18 Å². The molecule has 1 fully saturated rings. The second kappa shape index (κ2) is 6.40. The molecule has 3 rings (SSSR count). The van der Waals surface area contributed by atoms with Crippen LogP contribution in [0, 0.1) is 5.92 Å². The number of halogens is 3. The Morgan fingerprint density at radius 3 is 2.73 bits per heavy atom. The van der Waals surface area contributed by atoms with Crippen LogP contribution in [0.2, 0.25) is 0 Å². The summed E-state index contributed by atoms with van der Waals surface area (Å²) in [6.45, 7) is 2.51. The third kappa shape index (κ3) is 3.51. The van der Waals surface area contributed by atoms with Crippen molar-refractivity contribution in [3.8, 4) is 5.75 Å². The smallest absolute Gasteiger partial charge is 0.416 e. The highest BCUT2D eigenvalue weighted by molar-refractivity contribution is 7.98. The fourth-order valence-electron chi connectivity index (χ4n) is 2.75. The molecule has 0 saturated carbocycles. The topological polar surface area (TPSA) is 24.8 Å². The van der Waals surface area contributed by atoms with E-state index in [0.717, 1.165) is 49.7 Å². The van der Waals surface area contributed by atoms with Gasteiger partial charge in [-0.15, -0.1) is 0 Å². The standard InChI is InChI=1S/C15H17F3N2OS/c16-15(17,18)12-3-5-13(6-4-12)21-10-11-2-1-7-20-8-9-22-19-14(11)20/h3-6,11H,1-2,7-10H2. The normalized spacial score (nSPS) is 22.0. The number of amidine groups is 1. The molecule has 7 heteroatoms. The third-order valence-corrected chi connectivity index (χ3v) is 4.59. The van der Waals surface area contributed by atoms with E-state index < -0.39 is 11.7 Å². The van der Waals surface area contributed by atoms with Crippen molar-refractivity contribution < 1.29 is 17.9 Å². The maximum atomic E-state index is 12.5. The Hall–Kier alpha value is -1.37. The van der Waals surface area contributed by atoms with Crippen molar-refractivity contribution in [1.82, 2.24) is 4.90 Å². The number of benzene rings is 1. The Bertz CT molecular complexity index is 545. The summed E-state index contributed by atoms with van der Waals surface area (Å²) < 4.78 is 47.8. The van der Waals surface area contributed by atoms with Gasteiger partial charge in [0, 0.05) is 18.8 Å². The minimum absolute atomic E-state index is 0.226. The largest absolute Gasteiger partial charge is 0.493 e. The summed E-state index contributed by atoms with van der Waals surface area (Å²) in [7, 11) is 0. The van der Waals surface area contributed by atoms with E-state index in [1.807, 2.05) is 0 Å². The number of alkyl halides is 3. The second-order valence-corrected chi connectivity index (χ2v) is 6.29. The zero-order chi connectivity index (χ0) is 15.6. The SMILES string of the molecule is FC(F)(F)c1ccc(OCC2CCCN3CCSN=C23)cc1. The van der Waals surface area contributed by atoms with Crippen molar-refractivity contribution in [3.05, 3.63) is 29.8 Å². The molecule has 2 aliphatic heterocycles. The summed E-state index contributed by atoms with van der Waals surface area (Å²) in [5.41, 5.74) is -0.656. The van der Waals surface area contributed by atoms with Gasteiger partial charge < -0.3 is 9.64 Å². The lowest BCUT2D eigenvalue weighted by molar-refractivity contribution is -0.137. The number of fused-ring (bicyclic) bond motifs is 1. The first kappa shape index (κ1) is 15.5. The maximum Gasteiger partial charge on any atom is 0.416 e. The summed E-state index contributed by atoms with van der Waals surface area (Å²) in [4.78, 5) is 2.29. The Labute approximate surface area is 131 Å². The highest BCUT2D eigenvalue weighted by atomic mass is 32.2. The number of nitrogens with zero attached hydrogens (tertiary/aromatic N) is 2. The van der Waals surface area contributed by atoms with Crippen LogP contribution in [0.1, 0.15) is 18.4 Å². The molecular formula is C15H17F3N2OS. The molecule has 0 N–H and O–H groups in total. The van der Waals surface area contributed by atoms with Crippen LogP contribution in [0.3, 0.4) is 0 Å². The molecule has 0 amide bonds. The van der Waals surface area contributed by atoms with Gasteiger partial charge in [-0.3, -0.25) is 0 Å². The zero-order valence-electron chi connectivity index (χ0n) is 12.0. The molecule has 0 bridgehead atoms. The minimum atomic E-state index is -4.31. The van der Waals surface area contributed by atoms with Crippen molar-refractivity contribution in [1.29, 1.82) is 0 Å². The van der Waals surface area contributed by atoms with Crippen molar-refractivity contribution in [3.63, 3.8) is 0 Å². The molecule has 120 valence electrons. The van der Waals surface area contributed by atoms with Gasteiger partial charge in [0.05, 0.1) is 18.1 Å². The van der Waals surface area contributed by atoms with Crippen LogP contribution < -0.4 is 4.74 Å².